The minimum absolute atomic E-state index is 0.0378. The summed E-state index contributed by atoms with van der Waals surface area (Å²) in [6.07, 6.45) is 3.82. The third-order valence-electron chi connectivity index (χ3n) is 5.97. The number of morpholine rings is 1. The van der Waals surface area contributed by atoms with Crippen LogP contribution in [-0.2, 0) is 16.2 Å². The second kappa shape index (κ2) is 8.58. The van der Waals surface area contributed by atoms with Crippen LogP contribution < -0.4 is 5.43 Å². The molecule has 1 aromatic heterocycles. The standard InChI is InChI=1S/C22H28BrN3O3/c1-15-12-26(13-16(2)29-15)22(28)17-6-9-24(10-7-17)14-25-11-8-20(27)18-4-3-5-19(23)21(18)25/h3-5,8,11,15-17H,6-7,9-10,12-14H2,1-2H3. The second-order valence-electron chi connectivity index (χ2n) is 8.32. The molecular weight excluding hydrogens is 434 g/mol. The van der Waals surface area contributed by atoms with Crippen LogP contribution in [0.4, 0.5) is 0 Å². The lowest BCUT2D eigenvalue weighted by Gasteiger charge is -2.39. The predicted octanol–water partition coefficient (Wildman–Crippen LogP) is 3.07. The summed E-state index contributed by atoms with van der Waals surface area (Å²) in [6.45, 7) is 7.93. The van der Waals surface area contributed by atoms with Gasteiger partial charge in [0.15, 0.2) is 5.43 Å². The highest BCUT2D eigenvalue weighted by Crippen LogP contribution is 2.25. The fourth-order valence-corrected chi connectivity index (χ4v) is 5.19. The van der Waals surface area contributed by atoms with Gasteiger partial charge in [-0.25, -0.2) is 0 Å². The molecule has 0 spiro atoms. The van der Waals surface area contributed by atoms with Gasteiger partial charge in [0.1, 0.15) is 0 Å². The Labute approximate surface area is 179 Å². The molecule has 29 heavy (non-hydrogen) atoms. The zero-order chi connectivity index (χ0) is 20.5. The highest BCUT2D eigenvalue weighted by Gasteiger charge is 2.32. The molecule has 2 atom stereocenters. The van der Waals surface area contributed by atoms with Crippen LogP contribution in [-0.4, -0.2) is 58.7 Å². The van der Waals surface area contributed by atoms with E-state index in [9.17, 15) is 9.59 Å². The molecule has 0 N–H and O–H groups in total. The van der Waals surface area contributed by atoms with E-state index in [0.717, 1.165) is 41.3 Å². The second-order valence-corrected chi connectivity index (χ2v) is 9.17. The summed E-state index contributed by atoms with van der Waals surface area (Å²) in [5.41, 5.74) is 0.963. The quantitative estimate of drug-likeness (QED) is 0.704. The van der Waals surface area contributed by atoms with Gasteiger partial charge >= 0.3 is 0 Å². The summed E-state index contributed by atoms with van der Waals surface area (Å²) in [5.74, 6) is 0.379. The fourth-order valence-electron chi connectivity index (χ4n) is 4.60. The Balaban J connectivity index is 1.41. The number of likely N-dealkylation sites (tertiary alicyclic amines) is 1. The number of amides is 1. The molecule has 0 aliphatic carbocycles. The number of carbonyl (C=O) groups excluding carboxylic acids is 1. The van der Waals surface area contributed by atoms with Crippen molar-refractivity contribution in [2.24, 2.45) is 5.92 Å². The normalized spacial score (nSPS) is 24.2. The van der Waals surface area contributed by atoms with Crippen LogP contribution in [0.5, 0.6) is 0 Å². The molecule has 2 saturated heterocycles. The maximum absolute atomic E-state index is 13.0. The molecule has 1 aromatic carbocycles. The number of nitrogens with zero attached hydrogens (tertiary/aromatic N) is 3. The third kappa shape index (κ3) is 4.42. The maximum Gasteiger partial charge on any atom is 0.225 e. The molecule has 2 aromatic rings. The molecule has 1 amide bonds. The van der Waals surface area contributed by atoms with Crippen molar-refractivity contribution in [1.29, 1.82) is 0 Å². The number of rotatable bonds is 3. The number of para-hydroxylation sites is 1. The van der Waals surface area contributed by atoms with E-state index >= 15 is 0 Å². The minimum atomic E-state index is 0.0378. The van der Waals surface area contributed by atoms with Crippen molar-refractivity contribution in [2.45, 2.75) is 45.6 Å². The predicted molar refractivity (Wildman–Crippen MR) is 117 cm³/mol. The van der Waals surface area contributed by atoms with Crippen LogP contribution in [0, 0.1) is 5.92 Å². The first-order valence-corrected chi connectivity index (χ1v) is 11.2. The highest BCUT2D eigenvalue weighted by atomic mass is 79.9. The van der Waals surface area contributed by atoms with Crippen molar-refractivity contribution in [1.82, 2.24) is 14.4 Å². The van der Waals surface area contributed by atoms with Gasteiger partial charge in [-0.2, -0.15) is 0 Å². The monoisotopic (exact) mass is 461 g/mol. The average molecular weight is 462 g/mol. The molecule has 2 aliphatic rings. The van der Waals surface area contributed by atoms with E-state index in [1.54, 1.807) is 6.07 Å². The number of carbonyl (C=O) groups is 1. The van der Waals surface area contributed by atoms with Gasteiger partial charge in [0.2, 0.25) is 5.91 Å². The number of benzene rings is 1. The van der Waals surface area contributed by atoms with E-state index in [1.165, 1.54) is 0 Å². The zero-order valence-electron chi connectivity index (χ0n) is 17.0. The smallest absolute Gasteiger partial charge is 0.225 e. The largest absolute Gasteiger partial charge is 0.372 e. The topological polar surface area (TPSA) is 54.8 Å². The van der Waals surface area contributed by atoms with Crippen molar-refractivity contribution >= 4 is 32.7 Å². The molecule has 2 aliphatic heterocycles. The first-order chi connectivity index (χ1) is 13.9. The minimum Gasteiger partial charge on any atom is -0.372 e. The van der Waals surface area contributed by atoms with E-state index in [0.29, 0.717) is 19.8 Å². The molecule has 0 bridgehead atoms. The maximum atomic E-state index is 13.0. The molecule has 0 saturated carbocycles. The summed E-state index contributed by atoms with van der Waals surface area (Å²) in [4.78, 5) is 29.5. The first-order valence-electron chi connectivity index (χ1n) is 10.4. The Kier molecular flexibility index (Phi) is 6.08. The molecule has 6 nitrogen and oxygen atoms in total. The van der Waals surface area contributed by atoms with Crippen molar-refractivity contribution in [2.75, 3.05) is 26.2 Å². The van der Waals surface area contributed by atoms with Crippen LogP contribution in [0.1, 0.15) is 26.7 Å². The van der Waals surface area contributed by atoms with Crippen LogP contribution >= 0.6 is 15.9 Å². The van der Waals surface area contributed by atoms with E-state index in [2.05, 4.69) is 25.4 Å². The SMILES string of the molecule is CC1CN(C(=O)C2CCN(Cn3ccc(=O)c4cccc(Br)c43)CC2)CC(C)O1. The van der Waals surface area contributed by atoms with Gasteiger partial charge in [0.25, 0.3) is 0 Å². The van der Waals surface area contributed by atoms with E-state index < -0.39 is 0 Å². The lowest BCUT2D eigenvalue weighted by atomic mass is 9.95. The van der Waals surface area contributed by atoms with Gasteiger partial charge in [-0.05, 0) is 54.8 Å². The molecular formula is C22H28BrN3O3. The van der Waals surface area contributed by atoms with E-state index in [1.807, 2.05) is 43.1 Å². The number of hydrogen-bond acceptors (Lipinski definition) is 4. The summed E-state index contributed by atoms with van der Waals surface area (Å²) in [7, 11) is 0. The van der Waals surface area contributed by atoms with Gasteiger partial charge in [-0.3, -0.25) is 14.5 Å². The van der Waals surface area contributed by atoms with Gasteiger partial charge in [-0.1, -0.05) is 6.07 Å². The van der Waals surface area contributed by atoms with Crippen molar-refractivity contribution in [3.05, 3.63) is 45.2 Å². The number of aromatic nitrogens is 1. The number of ether oxygens (including phenoxy) is 1. The molecule has 4 rings (SSSR count). The summed E-state index contributed by atoms with van der Waals surface area (Å²) < 4.78 is 8.80. The van der Waals surface area contributed by atoms with Crippen LogP contribution in [0.3, 0.4) is 0 Å². The average Bonchev–Trinajstić information content (AvgIpc) is 2.70. The van der Waals surface area contributed by atoms with Crippen molar-refractivity contribution < 1.29 is 9.53 Å². The lowest BCUT2D eigenvalue weighted by Crippen LogP contribution is -2.51. The number of piperidine rings is 1. The Morgan fingerprint density at radius 2 is 1.83 bits per heavy atom. The van der Waals surface area contributed by atoms with Crippen LogP contribution in [0.2, 0.25) is 0 Å². The number of halogens is 1. The molecule has 2 unspecified atom stereocenters. The molecule has 0 radical (unpaired) electrons. The molecule has 156 valence electrons. The van der Waals surface area contributed by atoms with Crippen LogP contribution in [0.25, 0.3) is 10.9 Å². The molecule has 3 heterocycles. The number of fused-ring (bicyclic) bond motifs is 1. The Hall–Kier alpha value is -1.70. The third-order valence-corrected chi connectivity index (χ3v) is 6.61. The fraction of sp³-hybridized carbons (Fsp3) is 0.545. The van der Waals surface area contributed by atoms with Crippen molar-refractivity contribution in [3.63, 3.8) is 0 Å². The molecule has 7 heteroatoms. The van der Waals surface area contributed by atoms with Crippen molar-refractivity contribution in [3.8, 4) is 0 Å². The lowest BCUT2D eigenvalue weighted by molar-refractivity contribution is -0.149. The Bertz CT molecular complexity index is 942. The Morgan fingerprint density at radius 1 is 1.14 bits per heavy atom. The van der Waals surface area contributed by atoms with Gasteiger partial charge < -0.3 is 14.2 Å². The van der Waals surface area contributed by atoms with Gasteiger partial charge in [0, 0.05) is 54.2 Å². The first kappa shape index (κ1) is 20.6. The highest BCUT2D eigenvalue weighted by molar-refractivity contribution is 9.10. The van der Waals surface area contributed by atoms with E-state index in [-0.39, 0.29) is 29.5 Å². The summed E-state index contributed by atoms with van der Waals surface area (Å²) >= 11 is 3.59. The van der Waals surface area contributed by atoms with E-state index in [4.69, 9.17) is 4.74 Å². The summed E-state index contributed by atoms with van der Waals surface area (Å²) in [6, 6.07) is 7.36. The van der Waals surface area contributed by atoms with Gasteiger partial charge in [0.05, 0.1) is 24.4 Å². The number of pyridine rings is 1. The molecule has 2 fully saturated rings. The summed E-state index contributed by atoms with van der Waals surface area (Å²) in [5, 5.41) is 0.725. The van der Waals surface area contributed by atoms with Crippen LogP contribution in [0.15, 0.2) is 39.7 Å². The van der Waals surface area contributed by atoms with Gasteiger partial charge in [-0.15, -0.1) is 0 Å². The zero-order valence-corrected chi connectivity index (χ0v) is 18.6. The Morgan fingerprint density at radius 3 is 2.52 bits per heavy atom. The number of hydrogen-bond donors (Lipinski definition) is 0.